The average molecular weight is 339 g/mol. The Bertz CT molecular complexity index is 735. The maximum Gasteiger partial charge on any atom is 0.433 e. The zero-order valence-electron chi connectivity index (χ0n) is 13.0. The number of nitrogens with zero attached hydrogens (tertiary/aromatic N) is 5. The van der Waals surface area contributed by atoms with E-state index in [1.54, 1.807) is 39.7 Å². The van der Waals surface area contributed by atoms with Crippen LogP contribution >= 0.6 is 0 Å². The zero-order chi connectivity index (χ0) is 17.3. The third-order valence-electron chi connectivity index (χ3n) is 4.00. The summed E-state index contributed by atoms with van der Waals surface area (Å²) in [6.07, 6.45) is -1.79. The van der Waals surface area contributed by atoms with Crippen LogP contribution in [0.15, 0.2) is 30.7 Å². The highest BCUT2D eigenvalue weighted by Gasteiger charge is 2.33. The Balaban J connectivity index is 1.67. The molecular formula is C15H16F3N5O. The number of rotatable bonds is 2. The molecule has 9 heteroatoms. The normalized spacial score (nSPS) is 15.7. The summed E-state index contributed by atoms with van der Waals surface area (Å²) < 4.78 is 39.9. The fourth-order valence-electron chi connectivity index (χ4n) is 2.66. The molecule has 1 aliphatic heterocycles. The molecule has 1 fully saturated rings. The van der Waals surface area contributed by atoms with Crippen LogP contribution in [0.5, 0.6) is 0 Å². The molecule has 3 heterocycles. The van der Waals surface area contributed by atoms with Crippen molar-refractivity contribution in [1.82, 2.24) is 19.4 Å². The number of aromatic nitrogens is 3. The third kappa shape index (κ3) is 3.19. The van der Waals surface area contributed by atoms with Crippen LogP contribution in [0.3, 0.4) is 0 Å². The maximum atomic E-state index is 12.7. The molecule has 1 amide bonds. The number of alkyl halides is 3. The summed E-state index contributed by atoms with van der Waals surface area (Å²) in [5.74, 6) is 0.143. The molecule has 0 radical (unpaired) electrons. The summed E-state index contributed by atoms with van der Waals surface area (Å²) in [4.78, 5) is 23.0. The highest BCUT2D eigenvalue weighted by molar-refractivity contribution is 5.92. The molecule has 1 saturated heterocycles. The average Bonchev–Trinajstić information content (AvgIpc) is 3.00. The van der Waals surface area contributed by atoms with Crippen molar-refractivity contribution in [2.75, 3.05) is 31.1 Å². The van der Waals surface area contributed by atoms with Gasteiger partial charge in [0.05, 0.1) is 0 Å². The topological polar surface area (TPSA) is 54.3 Å². The number of halogens is 3. The molecule has 0 unspecified atom stereocenters. The number of carbonyl (C=O) groups is 1. The van der Waals surface area contributed by atoms with Crippen molar-refractivity contribution in [3.05, 3.63) is 42.1 Å². The van der Waals surface area contributed by atoms with Gasteiger partial charge in [-0.15, -0.1) is 0 Å². The number of amides is 1. The second-order valence-electron chi connectivity index (χ2n) is 5.54. The van der Waals surface area contributed by atoms with Crippen LogP contribution in [0.4, 0.5) is 19.0 Å². The van der Waals surface area contributed by atoms with Crippen molar-refractivity contribution in [3.63, 3.8) is 0 Å². The molecule has 0 bridgehead atoms. The fourth-order valence-corrected chi connectivity index (χ4v) is 2.66. The van der Waals surface area contributed by atoms with Crippen molar-refractivity contribution in [1.29, 1.82) is 0 Å². The summed E-state index contributed by atoms with van der Waals surface area (Å²) in [6.45, 7) is 1.69. The van der Waals surface area contributed by atoms with E-state index in [0.29, 0.717) is 31.9 Å². The van der Waals surface area contributed by atoms with Crippen LogP contribution < -0.4 is 4.90 Å². The van der Waals surface area contributed by atoms with E-state index in [2.05, 4.69) is 9.97 Å². The number of anilines is 1. The molecule has 0 saturated carbocycles. The Morgan fingerprint density at radius 2 is 1.88 bits per heavy atom. The summed E-state index contributed by atoms with van der Waals surface area (Å²) in [5, 5.41) is 0. The van der Waals surface area contributed by atoms with Gasteiger partial charge in [0.2, 0.25) is 0 Å². The molecule has 0 spiro atoms. The van der Waals surface area contributed by atoms with E-state index in [4.69, 9.17) is 0 Å². The van der Waals surface area contributed by atoms with E-state index in [-0.39, 0.29) is 11.7 Å². The van der Waals surface area contributed by atoms with E-state index in [1.165, 1.54) is 0 Å². The number of carbonyl (C=O) groups excluding carboxylic acids is 1. The first-order chi connectivity index (χ1) is 11.4. The van der Waals surface area contributed by atoms with Crippen molar-refractivity contribution < 1.29 is 18.0 Å². The highest BCUT2D eigenvalue weighted by Crippen LogP contribution is 2.29. The summed E-state index contributed by atoms with van der Waals surface area (Å²) in [7, 11) is 1.79. The van der Waals surface area contributed by atoms with Crippen molar-refractivity contribution in [2.24, 2.45) is 7.05 Å². The van der Waals surface area contributed by atoms with E-state index < -0.39 is 11.9 Å². The van der Waals surface area contributed by atoms with Gasteiger partial charge in [0.25, 0.3) is 5.91 Å². The van der Waals surface area contributed by atoms with Gasteiger partial charge in [-0.2, -0.15) is 13.2 Å². The third-order valence-corrected chi connectivity index (χ3v) is 4.00. The minimum atomic E-state index is -4.50. The van der Waals surface area contributed by atoms with E-state index in [0.717, 1.165) is 12.4 Å². The van der Waals surface area contributed by atoms with E-state index in [9.17, 15) is 18.0 Å². The Hall–Kier alpha value is -2.58. The molecular weight excluding hydrogens is 323 g/mol. The van der Waals surface area contributed by atoms with Crippen LogP contribution in [0.2, 0.25) is 0 Å². The first-order valence-electron chi connectivity index (χ1n) is 7.41. The number of hydrogen-bond donors (Lipinski definition) is 0. The fraction of sp³-hybridized carbons (Fsp3) is 0.400. The van der Waals surface area contributed by atoms with Gasteiger partial charge in [0.15, 0.2) is 0 Å². The van der Waals surface area contributed by atoms with Gasteiger partial charge in [0, 0.05) is 45.5 Å². The molecule has 128 valence electrons. The Morgan fingerprint density at radius 3 is 2.46 bits per heavy atom. The first kappa shape index (κ1) is 16.3. The predicted molar refractivity (Wildman–Crippen MR) is 80.6 cm³/mol. The molecule has 0 aromatic carbocycles. The van der Waals surface area contributed by atoms with Gasteiger partial charge < -0.3 is 14.4 Å². The molecule has 2 aromatic heterocycles. The van der Waals surface area contributed by atoms with Crippen molar-refractivity contribution in [3.8, 4) is 0 Å². The number of hydrogen-bond acceptors (Lipinski definition) is 4. The standard InChI is InChI=1S/C15H16F3N5O/c1-21-4-2-3-11(21)14(24)23-7-5-22(6-8-23)13-9-12(15(16,17)18)19-10-20-13/h2-4,9-10H,5-8H2,1H3. The lowest BCUT2D eigenvalue weighted by atomic mass is 10.2. The van der Waals surface area contributed by atoms with Crippen LogP contribution in [0.25, 0.3) is 0 Å². The summed E-state index contributed by atoms with van der Waals surface area (Å²) in [6, 6.07) is 4.48. The monoisotopic (exact) mass is 339 g/mol. The van der Waals surface area contributed by atoms with Gasteiger partial charge in [-0.25, -0.2) is 9.97 Å². The molecule has 0 atom stereocenters. The van der Waals surface area contributed by atoms with E-state index >= 15 is 0 Å². The van der Waals surface area contributed by atoms with Crippen LogP contribution in [-0.4, -0.2) is 51.5 Å². The lowest BCUT2D eigenvalue weighted by Gasteiger charge is -2.35. The minimum Gasteiger partial charge on any atom is -0.353 e. The maximum absolute atomic E-state index is 12.7. The molecule has 2 aromatic rings. The lowest BCUT2D eigenvalue weighted by Crippen LogP contribution is -2.49. The van der Waals surface area contributed by atoms with E-state index in [1.807, 2.05) is 0 Å². The highest BCUT2D eigenvalue weighted by atomic mass is 19.4. The molecule has 0 N–H and O–H groups in total. The quantitative estimate of drug-likeness (QED) is 0.837. The second-order valence-corrected chi connectivity index (χ2v) is 5.54. The summed E-state index contributed by atoms with van der Waals surface area (Å²) >= 11 is 0. The molecule has 3 rings (SSSR count). The van der Waals surface area contributed by atoms with Crippen LogP contribution in [0.1, 0.15) is 16.2 Å². The Morgan fingerprint density at radius 1 is 1.17 bits per heavy atom. The van der Waals surface area contributed by atoms with Crippen LogP contribution in [0, 0.1) is 0 Å². The lowest BCUT2D eigenvalue weighted by molar-refractivity contribution is -0.141. The number of piperazine rings is 1. The smallest absolute Gasteiger partial charge is 0.353 e. The van der Waals surface area contributed by atoms with Gasteiger partial charge in [-0.05, 0) is 12.1 Å². The van der Waals surface area contributed by atoms with Crippen LogP contribution in [-0.2, 0) is 13.2 Å². The molecule has 6 nitrogen and oxygen atoms in total. The van der Waals surface area contributed by atoms with Gasteiger partial charge in [-0.1, -0.05) is 0 Å². The molecule has 1 aliphatic rings. The van der Waals surface area contributed by atoms with Crippen molar-refractivity contribution >= 4 is 11.7 Å². The van der Waals surface area contributed by atoms with Crippen molar-refractivity contribution in [2.45, 2.75) is 6.18 Å². The SMILES string of the molecule is Cn1cccc1C(=O)N1CCN(c2cc(C(F)(F)F)ncn2)CC1. The Kier molecular flexibility index (Phi) is 4.16. The van der Waals surface area contributed by atoms with Gasteiger partial charge >= 0.3 is 6.18 Å². The van der Waals surface area contributed by atoms with Gasteiger partial charge in [0.1, 0.15) is 23.5 Å². The zero-order valence-corrected chi connectivity index (χ0v) is 13.0. The molecule has 0 aliphatic carbocycles. The second kappa shape index (κ2) is 6.14. The van der Waals surface area contributed by atoms with Gasteiger partial charge in [-0.3, -0.25) is 4.79 Å². The minimum absolute atomic E-state index is 0.0826. The predicted octanol–water partition coefficient (Wildman–Crippen LogP) is 1.80. The summed E-state index contributed by atoms with van der Waals surface area (Å²) in [5.41, 5.74) is -0.375. The first-order valence-corrected chi connectivity index (χ1v) is 7.41. The Labute approximate surface area is 136 Å². The molecule has 24 heavy (non-hydrogen) atoms. The largest absolute Gasteiger partial charge is 0.433 e. The number of aryl methyl sites for hydroxylation is 1.